The van der Waals surface area contributed by atoms with E-state index in [1.165, 1.54) is 6.26 Å². The van der Waals surface area contributed by atoms with Crippen LogP contribution >= 0.6 is 0 Å². The monoisotopic (exact) mass is 124 g/mol. The molecule has 0 amide bonds. The fourth-order valence-electron chi connectivity index (χ4n) is 0.468. The molecule has 0 bridgehead atoms. The lowest BCUT2D eigenvalue weighted by molar-refractivity contribution is 0.576. The van der Waals surface area contributed by atoms with Crippen molar-refractivity contribution in [1.82, 2.24) is 4.98 Å². The van der Waals surface area contributed by atoms with E-state index in [1.54, 1.807) is 6.20 Å². The van der Waals surface area contributed by atoms with Crippen molar-refractivity contribution in [3.8, 4) is 0 Å². The summed E-state index contributed by atoms with van der Waals surface area (Å²) in [5.41, 5.74) is 0.817. The van der Waals surface area contributed by atoms with Crippen LogP contribution in [0, 0.1) is 0 Å². The van der Waals surface area contributed by atoms with Crippen LogP contribution in [0.3, 0.4) is 0 Å². The average Bonchev–Trinajstić information content (AvgIpc) is 2.15. The summed E-state index contributed by atoms with van der Waals surface area (Å²) < 4.78 is 4.86. The van der Waals surface area contributed by atoms with E-state index in [0.29, 0.717) is 6.01 Å². The van der Waals surface area contributed by atoms with E-state index < -0.39 is 0 Å². The van der Waals surface area contributed by atoms with Gasteiger partial charge < -0.3 is 9.73 Å². The van der Waals surface area contributed by atoms with Crippen LogP contribution in [0.4, 0.5) is 6.01 Å². The van der Waals surface area contributed by atoms with Crippen molar-refractivity contribution in [1.29, 1.82) is 0 Å². The highest BCUT2D eigenvalue weighted by molar-refractivity contribution is 5.27. The van der Waals surface area contributed by atoms with E-state index in [9.17, 15) is 0 Å². The van der Waals surface area contributed by atoms with Crippen LogP contribution in [0.1, 0.15) is 6.92 Å². The minimum atomic E-state index is 0.488. The van der Waals surface area contributed by atoms with Gasteiger partial charge in [-0.25, -0.2) is 4.98 Å². The molecule has 1 N–H and O–H groups in total. The highest BCUT2D eigenvalue weighted by Crippen LogP contribution is 2.02. The van der Waals surface area contributed by atoms with Gasteiger partial charge in [-0.1, -0.05) is 6.58 Å². The third kappa shape index (κ3) is 1.60. The van der Waals surface area contributed by atoms with Crippen molar-refractivity contribution in [2.75, 3.05) is 5.32 Å². The second-order valence-corrected chi connectivity index (χ2v) is 1.74. The number of hydrogen-bond acceptors (Lipinski definition) is 3. The van der Waals surface area contributed by atoms with E-state index in [0.717, 1.165) is 5.70 Å². The van der Waals surface area contributed by atoms with Crippen LogP contribution < -0.4 is 5.32 Å². The number of aromatic nitrogens is 1. The summed E-state index contributed by atoms with van der Waals surface area (Å²) in [4.78, 5) is 3.82. The molecular formula is C6H8N2O. The molecule has 1 heterocycles. The quantitative estimate of drug-likeness (QED) is 0.651. The topological polar surface area (TPSA) is 38.1 Å². The van der Waals surface area contributed by atoms with Crippen LogP contribution in [0.15, 0.2) is 29.2 Å². The molecular weight excluding hydrogens is 116 g/mol. The molecule has 0 saturated heterocycles. The summed E-state index contributed by atoms with van der Waals surface area (Å²) in [6.45, 7) is 5.46. The molecule has 1 aromatic rings. The Morgan fingerprint density at radius 2 is 2.67 bits per heavy atom. The summed E-state index contributed by atoms with van der Waals surface area (Å²) in [5, 5.41) is 2.81. The van der Waals surface area contributed by atoms with Gasteiger partial charge >= 0.3 is 0 Å². The predicted octanol–water partition coefficient (Wildman–Crippen LogP) is 1.62. The number of oxazole rings is 1. The number of nitrogens with zero attached hydrogens (tertiary/aromatic N) is 1. The molecule has 0 spiro atoms. The molecule has 3 heteroatoms. The zero-order valence-corrected chi connectivity index (χ0v) is 5.22. The molecule has 1 rings (SSSR count). The summed E-state index contributed by atoms with van der Waals surface area (Å²) in [7, 11) is 0. The Labute approximate surface area is 53.4 Å². The first-order chi connectivity index (χ1) is 4.29. The minimum absolute atomic E-state index is 0.488. The van der Waals surface area contributed by atoms with Gasteiger partial charge in [0.05, 0.1) is 6.20 Å². The summed E-state index contributed by atoms with van der Waals surface area (Å²) >= 11 is 0. The van der Waals surface area contributed by atoms with E-state index in [1.807, 2.05) is 6.92 Å². The molecule has 0 fully saturated rings. The molecule has 9 heavy (non-hydrogen) atoms. The van der Waals surface area contributed by atoms with Crippen molar-refractivity contribution >= 4 is 6.01 Å². The maximum absolute atomic E-state index is 4.86. The molecule has 0 atom stereocenters. The molecule has 0 unspecified atom stereocenters. The number of hydrogen-bond donors (Lipinski definition) is 1. The second-order valence-electron chi connectivity index (χ2n) is 1.74. The normalized spacial score (nSPS) is 9.00. The highest BCUT2D eigenvalue weighted by Gasteiger charge is 1.91. The van der Waals surface area contributed by atoms with Crippen LogP contribution in [-0.4, -0.2) is 4.98 Å². The standard InChI is InChI=1S/C6H8N2O/c1-5(2)8-6-7-3-4-9-6/h3-4H,1H2,2H3,(H,7,8). The van der Waals surface area contributed by atoms with Gasteiger partial charge in [0.2, 0.25) is 0 Å². The average molecular weight is 124 g/mol. The summed E-state index contributed by atoms with van der Waals surface area (Å²) in [6, 6.07) is 0.488. The van der Waals surface area contributed by atoms with Crippen molar-refractivity contribution in [2.24, 2.45) is 0 Å². The maximum atomic E-state index is 4.86. The number of rotatable bonds is 2. The van der Waals surface area contributed by atoms with Gasteiger partial charge in [-0.2, -0.15) is 0 Å². The van der Waals surface area contributed by atoms with Crippen LogP contribution in [0.2, 0.25) is 0 Å². The molecule has 1 aromatic heterocycles. The van der Waals surface area contributed by atoms with Gasteiger partial charge in [-0.05, 0) is 6.92 Å². The van der Waals surface area contributed by atoms with E-state index in [2.05, 4.69) is 16.9 Å². The van der Waals surface area contributed by atoms with E-state index >= 15 is 0 Å². The first-order valence-corrected chi connectivity index (χ1v) is 2.61. The molecule has 0 saturated carbocycles. The van der Waals surface area contributed by atoms with Crippen LogP contribution in [0.25, 0.3) is 0 Å². The Kier molecular flexibility index (Phi) is 1.53. The third-order valence-corrected chi connectivity index (χ3v) is 0.753. The Hall–Kier alpha value is -1.25. The van der Waals surface area contributed by atoms with Gasteiger partial charge in [-0.15, -0.1) is 0 Å². The highest BCUT2D eigenvalue weighted by atomic mass is 16.4. The summed E-state index contributed by atoms with van der Waals surface area (Å²) in [5.74, 6) is 0. The number of anilines is 1. The van der Waals surface area contributed by atoms with Crippen molar-refractivity contribution < 1.29 is 4.42 Å². The number of allylic oxidation sites excluding steroid dienone is 1. The molecule has 0 aliphatic rings. The Bertz CT molecular complexity index is 191. The predicted molar refractivity (Wildman–Crippen MR) is 34.9 cm³/mol. The van der Waals surface area contributed by atoms with Crippen molar-refractivity contribution in [2.45, 2.75) is 6.92 Å². The third-order valence-electron chi connectivity index (χ3n) is 0.753. The van der Waals surface area contributed by atoms with Crippen LogP contribution in [0.5, 0.6) is 0 Å². The molecule has 0 aliphatic heterocycles. The van der Waals surface area contributed by atoms with Gasteiger partial charge in [0, 0.05) is 5.70 Å². The van der Waals surface area contributed by atoms with Gasteiger partial charge in [-0.3, -0.25) is 0 Å². The molecule has 0 radical (unpaired) electrons. The SMILES string of the molecule is C=C(C)Nc1ncco1. The zero-order valence-electron chi connectivity index (χ0n) is 5.22. The summed E-state index contributed by atoms with van der Waals surface area (Å²) in [6.07, 6.45) is 3.08. The van der Waals surface area contributed by atoms with E-state index in [-0.39, 0.29) is 0 Å². The van der Waals surface area contributed by atoms with Gasteiger partial charge in [0.25, 0.3) is 6.01 Å². The van der Waals surface area contributed by atoms with Crippen molar-refractivity contribution in [3.63, 3.8) is 0 Å². The second kappa shape index (κ2) is 2.35. The fraction of sp³-hybridized carbons (Fsp3) is 0.167. The van der Waals surface area contributed by atoms with Crippen molar-refractivity contribution in [3.05, 3.63) is 24.7 Å². The fourth-order valence-corrected chi connectivity index (χ4v) is 0.468. The first-order valence-electron chi connectivity index (χ1n) is 2.61. The Morgan fingerprint density at radius 3 is 3.11 bits per heavy atom. The lowest BCUT2D eigenvalue weighted by Gasteiger charge is -1.95. The molecule has 0 aliphatic carbocycles. The first kappa shape index (κ1) is 5.88. The lowest BCUT2D eigenvalue weighted by atomic mass is 10.6. The van der Waals surface area contributed by atoms with Gasteiger partial charge in [0.1, 0.15) is 6.26 Å². The zero-order chi connectivity index (χ0) is 6.69. The lowest BCUT2D eigenvalue weighted by Crippen LogP contribution is -1.92. The van der Waals surface area contributed by atoms with Gasteiger partial charge in [0.15, 0.2) is 0 Å². The molecule has 0 aromatic carbocycles. The number of nitrogens with one attached hydrogen (secondary N) is 1. The van der Waals surface area contributed by atoms with Crippen LogP contribution in [-0.2, 0) is 0 Å². The minimum Gasteiger partial charge on any atom is -0.432 e. The maximum Gasteiger partial charge on any atom is 0.298 e. The molecule has 3 nitrogen and oxygen atoms in total. The Balaban J connectivity index is 2.58. The Morgan fingerprint density at radius 1 is 1.89 bits per heavy atom. The largest absolute Gasteiger partial charge is 0.432 e. The smallest absolute Gasteiger partial charge is 0.298 e. The molecule has 48 valence electrons. The van der Waals surface area contributed by atoms with E-state index in [4.69, 9.17) is 4.42 Å².